The number of likely N-dealkylation sites (N-methyl/N-ethyl adjacent to an activating group) is 1. The molecule has 1 N–H and O–H groups in total. The topological polar surface area (TPSA) is 79.0 Å². The lowest BCUT2D eigenvalue weighted by atomic mass is 10.2. The minimum Gasteiger partial charge on any atom is -0.497 e. The predicted molar refractivity (Wildman–Crippen MR) is 96.0 cm³/mol. The van der Waals surface area contributed by atoms with Crippen molar-refractivity contribution >= 4 is 21.6 Å². The van der Waals surface area contributed by atoms with E-state index < -0.39 is 10.0 Å². The normalized spacial score (nSPS) is 11.4. The number of sulfonamides is 1. The van der Waals surface area contributed by atoms with E-state index in [0.29, 0.717) is 24.4 Å². The Balaban J connectivity index is 2.61. The van der Waals surface area contributed by atoms with Crippen LogP contribution in [0.4, 0.5) is 5.69 Å². The number of hydrogen-bond acceptors (Lipinski definition) is 5. The number of amides is 1. The van der Waals surface area contributed by atoms with Crippen LogP contribution < -0.4 is 14.4 Å². The minimum absolute atomic E-state index is 0.0732. The highest BCUT2D eigenvalue weighted by Gasteiger charge is 2.18. The first-order chi connectivity index (χ1) is 11.2. The molecule has 0 saturated heterocycles. The zero-order valence-electron chi connectivity index (χ0n) is 14.8. The van der Waals surface area contributed by atoms with Crippen molar-refractivity contribution in [3.05, 3.63) is 24.3 Å². The number of carbonyl (C=O) groups excluding carboxylic acids is 1. The van der Waals surface area contributed by atoms with Crippen LogP contribution >= 0.6 is 0 Å². The second-order valence-electron chi connectivity index (χ2n) is 5.79. The second-order valence-corrected chi connectivity index (χ2v) is 7.70. The molecule has 7 nitrogen and oxygen atoms in total. The molecule has 0 atom stereocenters. The molecule has 0 saturated carbocycles. The maximum atomic E-state index is 12.0. The van der Waals surface area contributed by atoms with Gasteiger partial charge >= 0.3 is 0 Å². The third-order valence-corrected chi connectivity index (χ3v) is 4.58. The van der Waals surface area contributed by atoms with E-state index in [2.05, 4.69) is 5.32 Å². The van der Waals surface area contributed by atoms with Crippen LogP contribution in [0.1, 0.15) is 12.8 Å². The summed E-state index contributed by atoms with van der Waals surface area (Å²) in [6, 6.07) is 6.86. The van der Waals surface area contributed by atoms with Gasteiger partial charge in [-0.1, -0.05) is 6.07 Å². The van der Waals surface area contributed by atoms with E-state index in [0.717, 1.165) is 12.8 Å². The van der Waals surface area contributed by atoms with Crippen LogP contribution in [0.3, 0.4) is 0 Å². The molecule has 0 aromatic heterocycles. The summed E-state index contributed by atoms with van der Waals surface area (Å²) in [5.74, 6) is 0.513. The van der Waals surface area contributed by atoms with Gasteiger partial charge in [0.1, 0.15) is 5.75 Å². The molecule has 1 aromatic carbocycles. The molecule has 1 rings (SSSR count). The lowest BCUT2D eigenvalue weighted by molar-refractivity contribution is -0.121. The van der Waals surface area contributed by atoms with Crippen molar-refractivity contribution in [1.29, 1.82) is 0 Å². The molecule has 136 valence electrons. The van der Waals surface area contributed by atoms with Gasteiger partial charge in [0.2, 0.25) is 15.9 Å². The molecule has 0 aliphatic carbocycles. The molecule has 0 aliphatic heterocycles. The largest absolute Gasteiger partial charge is 0.497 e. The first kappa shape index (κ1) is 20.2. The van der Waals surface area contributed by atoms with Crippen LogP contribution in [-0.2, 0) is 14.8 Å². The van der Waals surface area contributed by atoms with Crippen LogP contribution in [0.25, 0.3) is 0 Å². The summed E-state index contributed by atoms with van der Waals surface area (Å²) in [6.07, 6.45) is 1.88. The zero-order chi connectivity index (χ0) is 18.2. The van der Waals surface area contributed by atoms with Crippen molar-refractivity contribution in [2.45, 2.75) is 12.8 Å². The number of ether oxygens (including phenoxy) is 1. The molecule has 0 heterocycles. The monoisotopic (exact) mass is 357 g/mol. The Bertz CT molecular complexity index is 632. The van der Waals surface area contributed by atoms with E-state index in [1.54, 1.807) is 24.3 Å². The molecule has 0 aliphatic rings. The smallest absolute Gasteiger partial charge is 0.232 e. The number of anilines is 1. The molecule has 1 aromatic rings. The quantitative estimate of drug-likeness (QED) is 0.674. The number of benzene rings is 1. The van der Waals surface area contributed by atoms with E-state index >= 15 is 0 Å². The lowest BCUT2D eigenvalue weighted by Crippen LogP contribution is -2.33. The number of nitrogens with one attached hydrogen (secondary N) is 1. The summed E-state index contributed by atoms with van der Waals surface area (Å²) in [5, 5.41) is 2.82. The molecule has 0 bridgehead atoms. The summed E-state index contributed by atoms with van der Waals surface area (Å²) in [5.41, 5.74) is 0.532. The van der Waals surface area contributed by atoms with Gasteiger partial charge in [0.25, 0.3) is 0 Å². The summed E-state index contributed by atoms with van der Waals surface area (Å²) < 4.78 is 30.5. The third kappa shape index (κ3) is 7.18. The molecule has 1 amide bonds. The van der Waals surface area contributed by atoms with Crippen molar-refractivity contribution in [2.24, 2.45) is 0 Å². The van der Waals surface area contributed by atoms with Gasteiger partial charge in [-0.25, -0.2) is 8.42 Å². The highest BCUT2D eigenvalue weighted by molar-refractivity contribution is 7.92. The van der Waals surface area contributed by atoms with Crippen LogP contribution in [0.2, 0.25) is 0 Å². The highest BCUT2D eigenvalue weighted by atomic mass is 32.2. The molecule has 24 heavy (non-hydrogen) atoms. The number of carbonyl (C=O) groups is 1. The molecular weight excluding hydrogens is 330 g/mol. The van der Waals surface area contributed by atoms with Crippen LogP contribution in [0, 0.1) is 0 Å². The maximum Gasteiger partial charge on any atom is 0.232 e. The third-order valence-electron chi connectivity index (χ3n) is 3.39. The molecule has 0 unspecified atom stereocenters. The minimum atomic E-state index is -3.43. The zero-order valence-corrected chi connectivity index (χ0v) is 15.6. The van der Waals surface area contributed by atoms with Gasteiger partial charge < -0.3 is 15.0 Å². The van der Waals surface area contributed by atoms with Gasteiger partial charge in [-0.2, -0.15) is 0 Å². The fraction of sp³-hybridized carbons (Fsp3) is 0.562. The summed E-state index contributed by atoms with van der Waals surface area (Å²) in [4.78, 5) is 13.8. The molecule has 8 heteroatoms. The van der Waals surface area contributed by atoms with Gasteiger partial charge in [-0.05, 0) is 32.6 Å². The van der Waals surface area contributed by atoms with E-state index in [-0.39, 0.29) is 18.9 Å². The number of methoxy groups -OCH3 is 1. The van der Waals surface area contributed by atoms with Crippen molar-refractivity contribution in [3.8, 4) is 5.75 Å². The van der Waals surface area contributed by atoms with Gasteiger partial charge in [-0.15, -0.1) is 0 Å². The average molecular weight is 357 g/mol. The van der Waals surface area contributed by atoms with Crippen molar-refractivity contribution in [1.82, 2.24) is 10.2 Å². The molecule has 0 radical (unpaired) electrons. The SMILES string of the molecule is COc1cccc(N(CCCC(=O)NCCN(C)C)S(C)(=O)=O)c1. The second kappa shape index (κ2) is 9.48. The predicted octanol–water partition coefficient (Wildman–Crippen LogP) is 0.919. The Labute approximate surface area is 144 Å². The van der Waals surface area contributed by atoms with Gasteiger partial charge in [0, 0.05) is 32.1 Å². The van der Waals surface area contributed by atoms with Gasteiger partial charge in [-0.3, -0.25) is 9.10 Å². The molecule has 0 spiro atoms. The lowest BCUT2D eigenvalue weighted by Gasteiger charge is -2.22. The van der Waals surface area contributed by atoms with E-state index in [9.17, 15) is 13.2 Å². The Kier molecular flexibility index (Phi) is 8.00. The summed E-state index contributed by atoms with van der Waals surface area (Å²) in [6.45, 7) is 1.59. The van der Waals surface area contributed by atoms with Crippen LogP contribution in [0.5, 0.6) is 5.75 Å². The van der Waals surface area contributed by atoms with E-state index in [1.165, 1.54) is 11.4 Å². The summed E-state index contributed by atoms with van der Waals surface area (Å²) in [7, 11) is 1.97. The Morgan fingerprint density at radius 3 is 2.54 bits per heavy atom. The Hall–Kier alpha value is -1.80. The number of nitrogens with zero attached hydrogens (tertiary/aromatic N) is 2. The first-order valence-corrected chi connectivity index (χ1v) is 9.62. The van der Waals surface area contributed by atoms with Crippen molar-refractivity contribution in [3.63, 3.8) is 0 Å². The number of hydrogen-bond donors (Lipinski definition) is 1. The van der Waals surface area contributed by atoms with Crippen molar-refractivity contribution in [2.75, 3.05) is 51.4 Å². The van der Waals surface area contributed by atoms with Crippen LogP contribution in [-0.4, -0.2) is 66.3 Å². The Morgan fingerprint density at radius 1 is 1.25 bits per heavy atom. The fourth-order valence-corrected chi connectivity index (χ4v) is 3.10. The van der Waals surface area contributed by atoms with Crippen molar-refractivity contribution < 1.29 is 17.9 Å². The van der Waals surface area contributed by atoms with Gasteiger partial charge in [0.15, 0.2) is 0 Å². The van der Waals surface area contributed by atoms with Gasteiger partial charge in [0.05, 0.1) is 19.1 Å². The summed E-state index contributed by atoms with van der Waals surface area (Å²) >= 11 is 0. The molecule has 0 fully saturated rings. The fourth-order valence-electron chi connectivity index (χ4n) is 2.14. The van der Waals surface area contributed by atoms with Crippen LogP contribution in [0.15, 0.2) is 24.3 Å². The number of rotatable bonds is 10. The standard InChI is InChI=1S/C16H27N3O4S/c1-18(2)12-10-17-16(20)9-6-11-19(24(4,21)22)14-7-5-8-15(13-14)23-3/h5,7-8,13H,6,9-12H2,1-4H3,(H,17,20). The Morgan fingerprint density at radius 2 is 1.96 bits per heavy atom. The first-order valence-electron chi connectivity index (χ1n) is 7.77. The average Bonchev–Trinajstić information content (AvgIpc) is 2.50. The highest BCUT2D eigenvalue weighted by Crippen LogP contribution is 2.23. The maximum absolute atomic E-state index is 12.0. The van der Waals surface area contributed by atoms with E-state index in [1.807, 2.05) is 19.0 Å². The van der Waals surface area contributed by atoms with E-state index in [4.69, 9.17) is 4.74 Å². The molecular formula is C16H27N3O4S.